The summed E-state index contributed by atoms with van der Waals surface area (Å²) in [7, 11) is 6.86. The average molecular weight is 602 g/mol. The third-order valence-corrected chi connectivity index (χ3v) is 7.01. The smallest absolute Gasteiger partial charge is 0.271 e. The molecule has 1 atom stereocenters. The van der Waals surface area contributed by atoms with Crippen LogP contribution >= 0.6 is 0 Å². The Bertz CT molecular complexity index is 1690. The molecular formula is C30H35N9O5. The van der Waals surface area contributed by atoms with Gasteiger partial charge in [-0.1, -0.05) is 0 Å². The fourth-order valence-electron chi connectivity index (χ4n) is 4.72. The lowest BCUT2D eigenvalue weighted by Gasteiger charge is -2.22. The van der Waals surface area contributed by atoms with E-state index < -0.39 is 11.9 Å². The lowest BCUT2D eigenvalue weighted by Crippen LogP contribution is -2.41. The second kappa shape index (κ2) is 12.9. The van der Waals surface area contributed by atoms with Crippen molar-refractivity contribution in [1.82, 2.24) is 30.2 Å². The molecule has 230 valence electrons. The Labute approximate surface area is 254 Å². The van der Waals surface area contributed by atoms with Crippen LogP contribution in [0.15, 0.2) is 56.5 Å². The van der Waals surface area contributed by atoms with Gasteiger partial charge in [-0.25, -0.2) is 4.99 Å². The molecule has 0 radical (unpaired) electrons. The Hall–Kier alpha value is -5.27. The molecule has 1 unspecified atom stereocenters. The van der Waals surface area contributed by atoms with Crippen molar-refractivity contribution in [3.05, 3.63) is 65.5 Å². The van der Waals surface area contributed by atoms with Crippen LogP contribution in [0.1, 0.15) is 51.8 Å². The van der Waals surface area contributed by atoms with Gasteiger partial charge in [0.2, 0.25) is 17.8 Å². The highest BCUT2D eigenvalue weighted by atomic mass is 16.5. The highest BCUT2D eigenvalue weighted by molar-refractivity contribution is 6.11. The van der Waals surface area contributed by atoms with Gasteiger partial charge in [0.05, 0.1) is 5.56 Å². The van der Waals surface area contributed by atoms with Gasteiger partial charge in [0.1, 0.15) is 29.6 Å². The molecule has 0 spiro atoms. The first-order valence-corrected chi connectivity index (χ1v) is 14.2. The fourth-order valence-corrected chi connectivity index (χ4v) is 4.72. The number of carbonyl (C=O) groups excluding carboxylic acids is 3. The van der Waals surface area contributed by atoms with Crippen LogP contribution < -0.4 is 15.5 Å². The molecule has 0 aliphatic carbocycles. The second-order valence-electron chi connectivity index (χ2n) is 11.0. The summed E-state index contributed by atoms with van der Waals surface area (Å²) in [5.41, 5.74) is 1.80. The normalized spacial score (nSPS) is 15.7. The monoisotopic (exact) mass is 601 g/mol. The SMILES string of the molecule is Cc1cc2cc(NC(=NC3CCCCN(Cc4nc(N(C)C)no4)C3=O)NC(=O)c3ccc(C(=O)N(C)C)nc3)ccc2o1. The fraction of sp³-hybridized carbons (Fsp3) is 0.367. The Balaban J connectivity index is 1.41. The van der Waals surface area contributed by atoms with Crippen molar-refractivity contribution in [2.75, 3.05) is 45.0 Å². The number of fused-ring (bicyclic) bond motifs is 1. The number of guanidine groups is 1. The maximum absolute atomic E-state index is 13.7. The van der Waals surface area contributed by atoms with Gasteiger partial charge in [-0.15, -0.1) is 0 Å². The van der Waals surface area contributed by atoms with Gasteiger partial charge in [0.15, 0.2) is 0 Å². The molecule has 4 aromatic rings. The third-order valence-electron chi connectivity index (χ3n) is 7.01. The first-order valence-electron chi connectivity index (χ1n) is 14.2. The quantitative estimate of drug-likeness (QED) is 0.238. The molecule has 1 aromatic carbocycles. The standard InChI is InChI=1S/C30H35N9O5/c1-18-14-20-15-21(10-12-24(20)43-18)32-29(35-26(40)19-9-11-22(31-16-19)27(41)37(2)3)33-23-8-6-7-13-39(28(23)42)17-25-34-30(36-44-25)38(4)5/h9-12,14-16,23H,6-8,13,17H2,1-5H3,(H2,32,33,35,40). The molecule has 4 heterocycles. The first-order chi connectivity index (χ1) is 21.1. The van der Waals surface area contributed by atoms with Crippen molar-refractivity contribution in [3.8, 4) is 0 Å². The van der Waals surface area contributed by atoms with Gasteiger partial charge < -0.3 is 29.0 Å². The number of rotatable bonds is 7. The number of furan rings is 1. The van der Waals surface area contributed by atoms with Gasteiger partial charge in [-0.3, -0.25) is 24.7 Å². The van der Waals surface area contributed by atoms with E-state index in [4.69, 9.17) is 13.9 Å². The zero-order valence-corrected chi connectivity index (χ0v) is 25.3. The molecule has 0 bridgehead atoms. The number of carbonyl (C=O) groups is 3. The van der Waals surface area contributed by atoms with Crippen LogP contribution in [-0.2, 0) is 11.3 Å². The number of hydrogen-bond donors (Lipinski definition) is 2. The molecule has 14 heteroatoms. The van der Waals surface area contributed by atoms with E-state index in [1.807, 2.05) is 25.1 Å². The summed E-state index contributed by atoms with van der Waals surface area (Å²) >= 11 is 0. The number of likely N-dealkylation sites (tertiary alicyclic amines) is 1. The Morgan fingerprint density at radius 1 is 1.11 bits per heavy atom. The van der Waals surface area contributed by atoms with Crippen LogP contribution in [0.5, 0.6) is 0 Å². The highest BCUT2D eigenvalue weighted by Crippen LogP contribution is 2.23. The van der Waals surface area contributed by atoms with Crippen LogP contribution in [0.3, 0.4) is 0 Å². The predicted molar refractivity (Wildman–Crippen MR) is 163 cm³/mol. The van der Waals surface area contributed by atoms with Crippen LogP contribution in [0.4, 0.5) is 11.6 Å². The maximum Gasteiger partial charge on any atom is 0.271 e. The number of pyridine rings is 1. The van der Waals surface area contributed by atoms with Gasteiger partial charge in [0, 0.05) is 52.0 Å². The van der Waals surface area contributed by atoms with Gasteiger partial charge in [-0.05, 0) is 67.7 Å². The molecule has 1 fully saturated rings. The molecule has 44 heavy (non-hydrogen) atoms. The predicted octanol–water partition coefficient (Wildman–Crippen LogP) is 3.07. The molecule has 1 aliphatic heterocycles. The van der Waals surface area contributed by atoms with Crippen LogP contribution in [0.2, 0.25) is 0 Å². The van der Waals surface area contributed by atoms with E-state index in [0.29, 0.717) is 30.5 Å². The number of nitrogens with one attached hydrogen (secondary N) is 2. The Kier molecular flexibility index (Phi) is 8.88. The van der Waals surface area contributed by atoms with E-state index in [9.17, 15) is 14.4 Å². The van der Waals surface area contributed by atoms with Crippen LogP contribution in [0, 0.1) is 6.92 Å². The lowest BCUT2D eigenvalue weighted by molar-refractivity contribution is -0.132. The highest BCUT2D eigenvalue weighted by Gasteiger charge is 2.29. The summed E-state index contributed by atoms with van der Waals surface area (Å²) in [5.74, 6) is 0.612. The van der Waals surface area contributed by atoms with Crippen molar-refractivity contribution >= 4 is 46.3 Å². The summed E-state index contributed by atoms with van der Waals surface area (Å²) in [4.78, 5) is 57.2. The van der Waals surface area contributed by atoms with Crippen LogP contribution in [0.25, 0.3) is 11.0 Å². The number of nitrogens with zero attached hydrogens (tertiary/aromatic N) is 7. The molecule has 1 aliphatic rings. The number of hydrogen-bond acceptors (Lipinski definition) is 10. The molecule has 5 rings (SSSR count). The van der Waals surface area contributed by atoms with Crippen molar-refractivity contribution < 1.29 is 23.3 Å². The van der Waals surface area contributed by atoms with E-state index in [-0.39, 0.29) is 35.6 Å². The van der Waals surface area contributed by atoms with Crippen molar-refractivity contribution in [1.29, 1.82) is 0 Å². The molecular weight excluding hydrogens is 566 g/mol. The lowest BCUT2D eigenvalue weighted by atomic mass is 10.1. The van der Waals surface area contributed by atoms with E-state index >= 15 is 0 Å². The maximum atomic E-state index is 13.7. The van der Waals surface area contributed by atoms with E-state index in [1.165, 1.54) is 23.2 Å². The zero-order chi connectivity index (χ0) is 31.4. The Morgan fingerprint density at radius 3 is 2.64 bits per heavy atom. The van der Waals surface area contributed by atoms with Crippen molar-refractivity contribution in [2.45, 2.75) is 38.8 Å². The summed E-state index contributed by atoms with van der Waals surface area (Å²) in [6, 6.07) is 9.63. The minimum absolute atomic E-state index is 0.0934. The summed E-state index contributed by atoms with van der Waals surface area (Å²) in [5, 5.41) is 10.8. The summed E-state index contributed by atoms with van der Waals surface area (Å²) in [6.07, 6.45) is 3.36. The average Bonchev–Trinajstić information content (AvgIpc) is 3.58. The minimum Gasteiger partial charge on any atom is -0.461 e. The van der Waals surface area contributed by atoms with E-state index in [0.717, 1.165) is 29.6 Å². The summed E-state index contributed by atoms with van der Waals surface area (Å²) in [6.45, 7) is 2.53. The number of amides is 3. The summed E-state index contributed by atoms with van der Waals surface area (Å²) < 4.78 is 11.0. The second-order valence-corrected chi connectivity index (χ2v) is 11.0. The zero-order valence-electron chi connectivity index (χ0n) is 25.3. The van der Waals surface area contributed by atoms with Gasteiger partial charge >= 0.3 is 0 Å². The molecule has 3 aromatic heterocycles. The first kappa shape index (κ1) is 30.2. The largest absolute Gasteiger partial charge is 0.461 e. The van der Waals surface area contributed by atoms with E-state index in [1.54, 1.807) is 44.1 Å². The number of benzene rings is 1. The number of aromatic nitrogens is 3. The molecule has 1 saturated heterocycles. The van der Waals surface area contributed by atoms with E-state index in [2.05, 4.69) is 25.8 Å². The number of aryl methyl sites for hydroxylation is 1. The molecule has 0 saturated carbocycles. The Morgan fingerprint density at radius 2 is 1.93 bits per heavy atom. The number of anilines is 2. The molecule has 14 nitrogen and oxygen atoms in total. The van der Waals surface area contributed by atoms with Crippen molar-refractivity contribution in [2.24, 2.45) is 4.99 Å². The van der Waals surface area contributed by atoms with Gasteiger partial charge in [0.25, 0.3) is 17.8 Å². The minimum atomic E-state index is -0.769. The van der Waals surface area contributed by atoms with Gasteiger partial charge in [-0.2, -0.15) is 4.98 Å². The van der Waals surface area contributed by atoms with Crippen molar-refractivity contribution in [3.63, 3.8) is 0 Å². The number of aliphatic imine (C=N–C) groups is 1. The topological polar surface area (TPSA) is 162 Å². The third kappa shape index (κ3) is 7.02. The molecule has 3 amide bonds. The van der Waals surface area contributed by atoms with Crippen LogP contribution in [-0.4, -0.2) is 89.4 Å². The molecule has 2 N–H and O–H groups in total.